The zero-order valence-corrected chi connectivity index (χ0v) is 13.6. The zero-order chi connectivity index (χ0) is 15.9. The molecule has 0 bridgehead atoms. The molecule has 1 N–H and O–H groups in total. The fraction of sp³-hybridized carbons (Fsp3) is 0.368. The summed E-state index contributed by atoms with van der Waals surface area (Å²) in [6, 6.07) is 17.1. The number of thioether (sulfide) groups is 1. The summed E-state index contributed by atoms with van der Waals surface area (Å²) in [5.74, 6) is 2.03. The second-order valence-corrected chi connectivity index (χ2v) is 7.65. The van der Waals surface area contributed by atoms with Gasteiger partial charge in [0.05, 0.1) is 6.07 Å². The molecule has 2 aromatic carbocycles. The fourth-order valence-corrected chi connectivity index (χ4v) is 4.67. The number of carbonyl (C=O) groups excluding carboxylic acids is 1. The maximum Gasteiger partial charge on any atom is 0.225 e. The number of nitrogens with zero attached hydrogens (tertiary/aromatic N) is 1. The van der Waals surface area contributed by atoms with E-state index in [1.807, 2.05) is 12.1 Å². The molecule has 0 spiro atoms. The van der Waals surface area contributed by atoms with Crippen molar-refractivity contribution in [2.45, 2.75) is 24.3 Å². The molecule has 4 rings (SSSR count). The summed E-state index contributed by atoms with van der Waals surface area (Å²) in [5, 5.41) is 14.9. The molecular weight excluding hydrogens is 304 g/mol. The third kappa shape index (κ3) is 2.70. The Morgan fingerprint density at radius 2 is 2.09 bits per heavy atom. The Labute approximate surface area is 140 Å². The maximum absolute atomic E-state index is 12.5. The first-order valence-corrected chi connectivity index (χ1v) is 9.16. The molecule has 1 heterocycles. The highest BCUT2D eigenvalue weighted by Crippen LogP contribution is 2.48. The van der Waals surface area contributed by atoms with Crippen molar-refractivity contribution in [1.82, 2.24) is 5.32 Å². The van der Waals surface area contributed by atoms with Gasteiger partial charge in [0, 0.05) is 11.7 Å². The Bertz CT molecular complexity index is 804. The van der Waals surface area contributed by atoms with E-state index in [4.69, 9.17) is 0 Å². The molecule has 0 radical (unpaired) electrons. The van der Waals surface area contributed by atoms with Crippen molar-refractivity contribution in [2.75, 3.05) is 11.5 Å². The molecule has 1 saturated heterocycles. The monoisotopic (exact) mass is 322 g/mol. The van der Waals surface area contributed by atoms with Crippen LogP contribution >= 0.6 is 11.8 Å². The Hall–Kier alpha value is -1.99. The number of amides is 1. The lowest BCUT2D eigenvalue weighted by atomic mass is 10.00. The van der Waals surface area contributed by atoms with E-state index in [0.29, 0.717) is 11.7 Å². The highest BCUT2D eigenvalue weighted by Gasteiger charge is 2.47. The van der Waals surface area contributed by atoms with E-state index in [9.17, 15) is 10.1 Å². The van der Waals surface area contributed by atoms with E-state index < -0.39 is 5.54 Å². The largest absolute Gasteiger partial charge is 0.337 e. The van der Waals surface area contributed by atoms with Gasteiger partial charge >= 0.3 is 0 Å². The number of benzene rings is 2. The minimum absolute atomic E-state index is 0.0204. The second-order valence-electron chi connectivity index (χ2n) is 6.54. The van der Waals surface area contributed by atoms with Crippen LogP contribution in [0.3, 0.4) is 0 Å². The molecular formula is C19H18N2OS. The van der Waals surface area contributed by atoms with Crippen molar-refractivity contribution >= 4 is 28.4 Å². The predicted octanol–water partition coefficient (Wildman–Crippen LogP) is 3.46. The number of hydrogen-bond acceptors (Lipinski definition) is 3. The molecule has 3 nitrogen and oxygen atoms in total. The molecule has 1 aliphatic heterocycles. The average molecular weight is 322 g/mol. The van der Waals surface area contributed by atoms with Gasteiger partial charge in [-0.3, -0.25) is 4.79 Å². The lowest BCUT2D eigenvalue weighted by Gasteiger charge is -2.21. The molecule has 0 unspecified atom stereocenters. The van der Waals surface area contributed by atoms with Gasteiger partial charge in [-0.15, -0.1) is 0 Å². The summed E-state index contributed by atoms with van der Waals surface area (Å²) in [6.07, 6.45) is 1.64. The van der Waals surface area contributed by atoms with Crippen LogP contribution in [0.5, 0.6) is 0 Å². The van der Waals surface area contributed by atoms with Crippen LogP contribution in [-0.4, -0.2) is 23.0 Å². The Morgan fingerprint density at radius 3 is 2.83 bits per heavy atom. The van der Waals surface area contributed by atoms with Gasteiger partial charge in [-0.05, 0) is 40.8 Å². The van der Waals surface area contributed by atoms with Crippen molar-refractivity contribution in [3.8, 4) is 6.07 Å². The molecule has 2 aliphatic rings. The number of fused-ring (bicyclic) bond motifs is 1. The first-order valence-electron chi connectivity index (χ1n) is 8.00. The van der Waals surface area contributed by atoms with Crippen LogP contribution in [0.2, 0.25) is 0 Å². The molecule has 4 heteroatoms. The summed E-state index contributed by atoms with van der Waals surface area (Å²) < 4.78 is 0. The Kier molecular flexibility index (Phi) is 3.54. The van der Waals surface area contributed by atoms with Crippen molar-refractivity contribution in [3.63, 3.8) is 0 Å². The van der Waals surface area contributed by atoms with Gasteiger partial charge < -0.3 is 5.32 Å². The maximum atomic E-state index is 12.5. The number of hydrogen-bond donors (Lipinski definition) is 1. The number of nitrogens with one attached hydrogen (secondary N) is 1. The quantitative estimate of drug-likeness (QED) is 0.941. The minimum atomic E-state index is -0.641. The van der Waals surface area contributed by atoms with E-state index in [1.54, 1.807) is 11.8 Å². The van der Waals surface area contributed by atoms with Crippen molar-refractivity contribution in [1.29, 1.82) is 5.26 Å². The number of rotatable bonds is 3. The van der Waals surface area contributed by atoms with E-state index in [0.717, 1.165) is 18.6 Å². The van der Waals surface area contributed by atoms with Gasteiger partial charge in [0.1, 0.15) is 5.54 Å². The van der Waals surface area contributed by atoms with E-state index in [2.05, 4.69) is 41.7 Å². The molecule has 3 atom stereocenters. The van der Waals surface area contributed by atoms with E-state index in [-0.39, 0.29) is 11.8 Å². The Morgan fingerprint density at radius 1 is 1.26 bits per heavy atom. The molecule has 2 aromatic rings. The molecule has 0 aromatic heterocycles. The second kappa shape index (κ2) is 5.58. The van der Waals surface area contributed by atoms with Crippen LogP contribution < -0.4 is 5.32 Å². The number of carbonyl (C=O) groups is 1. The van der Waals surface area contributed by atoms with Crippen LogP contribution in [0.15, 0.2) is 42.5 Å². The molecule has 23 heavy (non-hydrogen) atoms. The third-order valence-electron chi connectivity index (χ3n) is 4.93. The van der Waals surface area contributed by atoms with E-state index >= 15 is 0 Å². The summed E-state index contributed by atoms with van der Waals surface area (Å²) in [7, 11) is 0. The minimum Gasteiger partial charge on any atom is -0.337 e. The average Bonchev–Trinajstić information content (AvgIpc) is 3.27. The summed E-state index contributed by atoms with van der Waals surface area (Å²) >= 11 is 1.74. The zero-order valence-electron chi connectivity index (χ0n) is 12.8. The summed E-state index contributed by atoms with van der Waals surface area (Å²) in [4.78, 5) is 12.5. The van der Waals surface area contributed by atoms with Gasteiger partial charge in [0.2, 0.25) is 5.91 Å². The molecule has 2 fully saturated rings. The van der Waals surface area contributed by atoms with Crippen LogP contribution in [0.25, 0.3) is 10.8 Å². The highest BCUT2D eigenvalue weighted by atomic mass is 32.2. The molecule has 1 aliphatic carbocycles. The first-order chi connectivity index (χ1) is 11.2. The smallest absolute Gasteiger partial charge is 0.225 e. The first kappa shape index (κ1) is 14.6. The highest BCUT2D eigenvalue weighted by molar-refractivity contribution is 7.99. The van der Waals surface area contributed by atoms with Gasteiger partial charge in [-0.1, -0.05) is 42.5 Å². The van der Waals surface area contributed by atoms with Gasteiger partial charge in [-0.2, -0.15) is 17.0 Å². The lowest BCUT2D eigenvalue weighted by Crippen LogP contribution is -2.48. The summed E-state index contributed by atoms with van der Waals surface area (Å²) in [6.45, 7) is 0. The fourth-order valence-electron chi connectivity index (χ4n) is 3.40. The van der Waals surface area contributed by atoms with Crippen LogP contribution in [-0.2, 0) is 4.79 Å². The third-order valence-corrected chi connectivity index (χ3v) is 6.12. The summed E-state index contributed by atoms with van der Waals surface area (Å²) in [5.41, 5.74) is 0.591. The van der Waals surface area contributed by atoms with Crippen LogP contribution in [0.1, 0.15) is 24.3 Å². The van der Waals surface area contributed by atoms with Gasteiger partial charge in [-0.25, -0.2) is 0 Å². The van der Waals surface area contributed by atoms with Gasteiger partial charge in [0.15, 0.2) is 0 Å². The normalized spacial score (nSPS) is 29.2. The molecule has 1 amide bonds. The van der Waals surface area contributed by atoms with E-state index in [1.165, 1.54) is 16.3 Å². The lowest BCUT2D eigenvalue weighted by molar-refractivity contribution is -0.123. The van der Waals surface area contributed by atoms with Crippen molar-refractivity contribution < 1.29 is 4.79 Å². The van der Waals surface area contributed by atoms with Crippen LogP contribution in [0.4, 0.5) is 0 Å². The predicted molar refractivity (Wildman–Crippen MR) is 93.2 cm³/mol. The van der Waals surface area contributed by atoms with Crippen molar-refractivity contribution in [2.24, 2.45) is 5.92 Å². The molecule has 1 saturated carbocycles. The number of nitriles is 1. The van der Waals surface area contributed by atoms with Gasteiger partial charge in [0.25, 0.3) is 0 Å². The topological polar surface area (TPSA) is 52.9 Å². The Balaban J connectivity index is 1.48. The standard InChI is InChI=1S/C19H18N2OS/c20-11-19(7-8-23-12-19)21-18(22)17-10-16(17)15-6-5-13-3-1-2-4-14(13)9-15/h1-6,9,16-17H,7-8,10,12H2,(H,21,22)/t16-,17+,19-/m1/s1. The van der Waals surface area contributed by atoms with Crippen molar-refractivity contribution in [3.05, 3.63) is 48.0 Å². The molecule has 116 valence electrons. The van der Waals surface area contributed by atoms with Crippen LogP contribution in [0, 0.1) is 17.2 Å². The SMILES string of the molecule is N#C[C@]1(NC(=O)[C@H]2C[C@@H]2c2ccc3ccccc3c2)CCSC1.